The lowest BCUT2D eigenvalue weighted by Crippen LogP contribution is -2.43. The van der Waals surface area contributed by atoms with Gasteiger partial charge >= 0.3 is 18.2 Å². The minimum absolute atomic E-state index is 0.0743. The summed E-state index contributed by atoms with van der Waals surface area (Å²) < 4.78 is 54.9. The molecule has 0 unspecified atom stereocenters. The summed E-state index contributed by atoms with van der Waals surface area (Å²) in [6.07, 6.45) is -2.97. The van der Waals surface area contributed by atoms with E-state index in [4.69, 9.17) is 14.0 Å². The Morgan fingerprint density at radius 2 is 1.97 bits per heavy atom. The van der Waals surface area contributed by atoms with Crippen molar-refractivity contribution in [1.82, 2.24) is 15.4 Å². The van der Waals surface area contributed by atoms with Crippen molar-refractivity contribution < 1.29 is 36.8 Å². The van der Waals surface area contributed by atoms with Crippen molar-refractivity contribution in [3.63, 3.8) is 0 Å². The number of halogens is 3. The van der Waals surface area contributed by atoms with Crippen molar-refractivity contribution in [3.8, 4) is 5.75 Å². The maximum absolute atomic E-state index is 13.1. The highest BCUT2D eigenvalue weighted by molar-refractivity contribution is 5.85. The fraction of sp³-hybridized carbons (Fsp3) is 0.571. The number of nitrogens with one attached hydrogen (secondary N) is 1. The molecule has 2 rings (SSSR count). The number of ether oxygens (including phenoxy) is 2. The molecule has 2 aromatic rings. The van der Waals surface area contributed by atoms with E-state index < -0.39 is 23.9 Å². The summed E-state index contributed by atoms with van der Waals surface area (Å²) >= 11 is 0. The van der Waals surface area contributed by atoms with Gasteiger partial charge in [-0.15, -0.1) is 0 Å². The number of hydrogen-bond donors (Lipinski definition) is 1. The number of hydrogen-bond acceptors (Lipinski definition) is 6. The molecule has 0 radical (unpaired) electrons. The van der Waals surface area contributed by atoms with Gasteiger partial charge in [-0.2, -0.15) is 13.2 Å². The first-order valence-corrected chi connectivity index (χ1v) is 10.5. The number of alkyl halides is 3. The van der Waals surface area contributed by atoms with Gasteiger partial charge in [0.25, 0.3) is 0 Å². The summed E-state index contributed by atoms with van der Waals surface area (Å²) in [5.74, 6) is -0.0841. The van der Waals surface area contributed by atoms with Crippen LogP contribution in [0, 0.1) is 0 Å². The fourth-order valence-corrected chi connectivity index (χ4v) is 3.18. The van der Waals surface area contributed by atoms with Crippen LogP contribution in [0.15, 0.2) is 16.7 Å². The topological polar surface area (TPSA) is 93.9 Å². The van der Waals surface area contributed by atoms with Gasteiger partial charge in [0, 0.05) is 18.7 Å². The van der Waals surface area contributed by atoms with Crippen LogP contribution in [-0.2, 0) is 22.1 Å². The normalized spacial score (nSPS) is 11.4. The molecular formula is C21H28F3N3O5. The Morgan fingerprint density at radius 1 is 1.22 bits per heavy atom. The predicted octanol–water partition coefficient (Wildman–Crippen LogP) is 4.16. The van der Waals surface area contributed by atoms with Crippen LogP contribution in [0.5, 0.6) is 5.75 Å². The molecule has 0 aliphatic heterocycles. The number of aromatic nitrogens is 1. The molecule has 0 aliphatic carbocycles. The number of carbonyl (C=O) groups is 2. The standard InChI is InChI=1S/C21H28F3N3O5/c1-4-8-14-16(10-9-15-18(14)32-26-19(15)21(22,23)24)31-12-7-11-27(5-2)20(29)25-13-17(28)30-6-3/h9-10H,4-8,11-13H2,1-3H3,(H,25,29). The van der Waals surface area contributed by atoms with E-state index in [1.165, 1.54) is 17.0 Å². The summed E-state index contributed by atoms with van der Waals surface area (Å²) in [6, 6.07) is 2.39. The van der Waals surface area contributed by atoms with Gasteiger partial charge in [0.2, 0.25) is 0 Å². The Kier molecular flexibility index (Phi) is 9.15. The molecule has 1 N–H and O–H groups in total. The van der Waals surface area contributed by atoms with Crippen LogP contribution in [0.4, 0.5) is 18.0 Å². The number of amides is 2. The Morgan fingerprint density at radius 3 is 2.59 bits per heavy atom. The monoisotopic (exact) mass is 459 g/mol. The number of fused-ring (bicyclic) bond motifs is 1. The largest absolute Gasteiger partial charge is 0.493 e. The molecule has 0 fully saturated rings. The molecule has 2 amide bonds. The van der Waals surface area contributed by atoms with Crippen LogP contribution in [0.1, 0.15) is 44.9 Å². The summed E-state index contributed by atoms with van der Waals surface area (Å²) in [4.78, 5) is 25.1. The molecule has 0 spiro atoms. The van der Waals surface area contributed by atoms with Crippen molar-refractivity contribution in [2.24, 2.45) is 0 Å². The second-order valence-electron chi connectivity index (χ2n) is 6.94. The van der Waals surface area contributed by atoms with Gasteiger partial charge < -0.3 is 24.2 Å². The highest BCUT2D eigenvalue weighted by atomic mass is 19.4. The van der Waals surface area contributed by atoms with Crippen LogP contribution in [0.25, 0.3) is 11.0 Å². The highest BCUT2D eigenvalue weighted by Gasteiger charge is 2.37. The molecule has 0 saturated carbocycles. The number of rotatable bonds is 11. The molecule has 8 nitrogen and oxygen atoms in total. The average Bonchev–Trinajstić information content (AvgIpc) is 3.18. The molecule has 1 heterocycles. The van der Waals surface area contributed by atoms with Crippen molar-refractivity contribution in [2.75, 3.05) is 32.8 Å². The molecule has 0 bridgehead atoms. The Bertz CT molecular complexity index is 914. The first-order chi connectivity index (χ1) is 15.2. The van der Waals surface area contributed by atoms with E-state index in [0.29, 0.717) is 43.7 Å². The van der Waals surface area contributed by atoms with Crippen LogP contribution >= 0.6 is 0 Å². The maximum Gasteiger partial charge on any atom is 0.437 e. The van der Waals surface area contributed by atoms with Crippen LogP contribution in [0.2, 0.25) is 0 Å². The van der Waals surface area contributed by atoms with E-state index in [2.05, 4.69) is 10.5 Å². The lowest BCUT2D eigenvalue weighted by molar-refractivity contribution is -0.142. The van der Waals surface area contributed by atoms with Gasteiger partial charge in [-0.1, -0.05) is 18.5 Å². The van der Waals surface area contributed by atoms with E-state index in [1.54, 1.807) is 13.8 Å². The molecule has 11 heteroatoms. The maximum atomic E-state index is 13.1. The van der Waals surface area contributed by atoms with Gasteiger partial charge in [0.05, 0.1) is 18.6 Å². The van der Waals surface area contributed by atoms with Gasteiger partial charge in [-0.3, -0.25) is 4.79 Å². The summed E-state index contributed by atoms with van der Waals surface area (Å²) in [7, 11) is 0. The predicted molar refractivity (Wildman–Crippen MR) is 110 cm³/mol. The lowest BCUT2D eigenvalue weighted by Gasteiger charge is -2.21. The van der Waals surface area contributed by atoms with Crippen LogP contribution in [-0.4, -0.2) is 54.9 Å². The molecular weight excluding hydrogens is 431 g/mol. The van der Waals surface area contributed by atoms with Crippen molar-refractivity contribution in [2.45, 2.75) is 46.2 Å². The SMILES string of the molecule is CCCc1c(OCCCN(CC)C(=O)NCC(=O)OCC)ccc2c(C(F)(F)F)noc12. The minimum atomic E-state index is -4.60. The lowest BCUT2D eigenvalue weighted by atomic mass is 10.0. The molecule has 1 aromatic carbocycles. The minimum Gasteiger partial charge on any atom is -0.493 e. The summed E-state index contributed by atoms with van der Waals surface area (Å²) in [6.45, 7) is 6.45. The first kappa shape index (κ1) is 25.3. The zero-order chi connectivity index (χ0) is 23.7. The average molecular weight is 459 g/mol. The Labute approximate surface area is 184 Å². The second-order valence-corrected chi connectivity index (χ2v) is 6.94. The van der Waals surface area contributed by atoms with E-state index in [0.717, 1.165) is 0 Å². The smallest absolute Gasteiger partial charge is 0.437 e. The highest BCUT2D eigenvalue weighted by Crippen LogP contribution is 2.38. The second kappa shape index (κ2) is 11.6. The molecule has 0 aliphatic rings. The molecule has 1 aromatic heterocycles. The summed E-state index contributed by atoms with van der Waals surface area (Å²) in [5.41, 5.74) is -0.443. The molecule has 0 atom stereocenters. The molecule has 32 heavy (non-hydrogen) atoms. The fourth-order valence-electron chi connectivity index (χ4n) is 3.18. The van der Waals surface area contributed by atoms with Crippen molar-refractivity contribution in [3.05, 3.63) is 23.4 Å². The number of carbonyl (C=O) groups excluding carboxylic acids is 2. The van der Waals surface area contributed by atoms with Crippen molar-refractivity contribution in [1.29, 1.82) is 0 Å². The number of nitrogens with zero attached hydrogens (tertiary/aromatic N) is 2. The third kappa shape index (κ3) is 6.51. The van der Waals surface area contributed by atoms with E-state index >= 15 is 0 Å². The third-order valence-electron chi connectivity index (χ3n) is 4.66. The molecule has 178 valence electrons. The zero-order valence-electron chi connectivity index (χ0n) is 18.4. The summed E-state index contributed by atoms with van der Waals surface area (Å²) in [5, 5.41) is 5.61. The van der Waals surface area contributed by atoms with E-state index in [9.17, 15) is 22.8 Å². The van der Waals surface area contributed by atoms with Gasteiger partial charge in [0.15, 0.2) is 11.3 Å². The first-order valence-electron chi connectivity index (χ1n) is 10.5. The number of urea groups is 1. The third-order valence-corrected chi connectivity index (χ3v) is 4.66. The Balaban J connectivity index is 1.98. The number of esters is 1. The van der Waals surface area contributed by atoms with Gasteiger partial charge in [0.1, 0.15) is 12.3 Å². The van der Waals surface area contributed by atoms with E-state index in [1.807, 2.05) is 6.92 Å². The van der Waals surface area contributed by atoms with Crippen LogP contribution in [0.3, 0.4) is 0 Å². The van der Waals surface area contributed by atoms with Gasteiger partial charge in [-0.25, -0.2) is 4.79 Å². The molecule has 0 saturated heterocycles. The Hall–Kier alpha value is -2.98. The number of benzene rings is 1. The van der Waals surface area contributed by atoms with Crippen molar-refractivity contribution >= 4 is 23.0 Å². The number of aryl methyl sites for hydroxylation is 1. The van der Waals surface area contributed by atoms with Gasteiger partial charge in [-0.05, 0) is 38.8 Å². The zero-order valence-corrected chi connectivity index (χ0v) is 18.4. The van der Waals surface area contributed by atoms with Crippen LogP contribution < -0.4 is 10.1 Å². The van der Waals surface area contributed by atoms with E-state index in [-0.39, 0.29) is 30.7 Å². The quantitative estimate of drug-likeness (QED) is 0.401.